The zero-order chi connectivity index (χ0) is 17.6. The molecule has 138 valence electrons. The van der Waals surface area contributed by atoms with Gasteiger partial charge < -0.3 is 19.9 Å². The van der Waals surface area contributed by atoms with Crippen molar-refractivity contribution in [3.05, 3.63) is 35.9 Å². The van der Waals surface area contributed by atoms with Crippen molar-refractivity contribution in [1.82, 2.24) is 15.1 Å². The molecule has 25 heavy (non-hydrogen) atoms. The Balaban J connectivity index is 1.36. The first kappa shape index (κ1) is 18.2. The molecule has 2 aliphatic heterocycles. The van der Waals surface area contributed by atoms with Crippen molar-refractivity contribution in [2.75, 3.05) is 39.3 Å². The predicted molar refractivity (Wildman–Crippen MR) is 99.7 cm³/mol. The number of hydrogen-bond acceptors (Lipinski definition) is 3. The summed E-state index contributed by atoms with van der Waals surface area (Å²) in [6, 6.07) is 10.7. The van der Waals surface area contributed by atoms with E-state index in [4.69, 9.17) is 4.74 Å². The summed E-state index contributed by atoms with van der Waals surface area (Å²) in [4.78, 5) is 16.8. The van der Waals surface area contributed by atoms with Crippen LogP contribution in [0.15, 0.2) is 30.3 Å². The fourth-order valence-electron chi connectivity index (χ4n) is 3.90. The molecular formula is C20H31N3O2. The quantitative estimate of drug-likeness (QED) is 0.891. The number of nitrogens with one attached hydrogen (secondary N) is 1. The fourth-order valence-corrected chi connectivity index (χ4v) is 3.90. The fraction of sp³-hybridized carbons (Fsp3) is 0.650. The average molecular weight is 345 g/mol. The highest BCUT2D eigenvalue weighted by Gasteiger charge is 2.27. The largest absolute Gasteiger partial charge is 0.372 e. The normalized spacial score (nSPS) is 27.4. The SMILES string of the molecule is C[C@@H]1CN(C(=O)NC[C@@H]2CCN(CCc3ccccc3)C2)C[C@@H](C)O1. The van der Waals surface area contributed by atoms with E-state index in [0.29, 0.717) is 19.0 Å². The second-order valence-electron chi connectivity index (χ2n) is 7.54. The summed E-state index contributed by atoms with van der Waals surface area (Å²) < 4.78 is 5.69. The molecular weight excluding hydrogens is 314 g/mol. The van der Waals surface area contributed by atoms with Crippen LogP contribution in [0.1, 0.15) is 25.8 Å². The number of morpholine rings is 1. The Bertz CT molecular complexity index is 541. The van der Waals surface area contributed by atoms with E-state index in [1.165, 1.54) is 12.0 Å². The molecule has 3 atom stereocenters. The number of carbonyl (C=O) groups excluding carboxylic acids is 1. The van der Waals surface area contributed by atoms with Gasteiger partial charge in [-0.2, -0.15) is 0 Å². The molecule has 0 bridgehead atoms. The third-order valence-corrected chi connectivity index (χ3v) is 5.18. The third-order valence-electron chi connectivity index (χ3n) is 5.18. The molecule has 2 amide bonds. The van der Waals surface area contributed by atoms with Crippen molar-refractivity contribution >= 4 is 6.03 Å². The summed E-state index contributed by atoms with van der Waals surface area (Å²) in [6.07, 6.45) is 2.51. The van der Waals surface area contributed by atoms with Crippen LogP contribution in [0.25, 0.3) is 0 Å². The second kappa shape index (κ2) is 8.68. The van der Waals surface area contributed by atoms with Gasteiger partial charge in [0.15, 0.2) is 0 Å². The van der Waals surface area contributed by atoms with E-state index in [1.807, 2.05) is 18.7 Å². The lowest BCUT2D eigenvalue weighted by atomic mass is 10.1. The van der Waals surface area contributed by atoms with Crippen LogP contribution in [0.4, 0.5) is 4.79 Å². The molecule has 0 radical (unpaired) electrons. The van der Waals surface area contributed by atoms with Gasteiger partial charge in [0.2, 0.25) is 0 Å². The van der Waals surface area contributed by atoms with Crippen molar-refractivity contribution in [3.8, 4) is 0 Å². The summed E-state index contributed by atoms with van der Waals surface area (Å²) in [5, 5.41) is 3.13. The van der Waals surface area contributed by atoms with Crippen LogP contribution in [0.5, 0.6) is 0 Å². The minimum absolute atomic E-state index is 0.0599. The van der Waals surface area contributed by atoms with Gasteiger partial charge in [-0.3, -0.25) is 0 Å². The van der Waals surface area contributed by atoms with Crippen LogP contribution >= 0.6 is 0 Å². The summed E-state index contributed by atoms with van der Waals surface area (Å²) in [5.41, 5.74) is 1.40. The minimum Gasteiger partial charge on any atom is -0.372 e. The van der Waals surface area contributed by atoms with Crippen LogP contribution in [0.2, 0.25) is 0 Å². The number of urea groups is 1. The van der Waals surface area contributed by atoms with Crippen LogP contribution < -0.4 is 5.32 Å². The zero-order valence-corrected chi connectivity index (χ0v) is 15.5. The van der Waals surface area contributed by atoms with Gasteiger partial charge in [-0.1, -0.05) is 30.3 Å². The van der Waals surface area contributed by atoms with Crippen LogP contribution in [-0.2, 0) is 11.2 Å². The maximum atomic E-state index is 12.4. The number of nitrogens with zero attached hydrogens (tertiary/aromatic N) is 2. The molecule has 1 aromatic carbocycles. The molecule has 1 aromatic rings. The van der Waals surface area contributed by atoms with E-state index in [-0.39, 0.29) is 18.2 Å². The molecule has 0 aliphatic carbocycles. The molecule has 2 aliphatic rings. The van der Waals surface area contributed by atoms with Gasteiger partial charge in [-0.05, 0) is 44.7 Å². The van der Waals surface area contributed by atoms with E-state index in [9.17, 15) is 4.79 Å². The highest BCUT2D eigenvalue weighted by Crippen LogP contribution is 2.16. The Morgan fingerprint density at radius 3 is 2.60 bits per heavy atom. The van der Waals surface area contributed by atoms with Crippen molar-refractivity contribution < 1.29 is 9.53 Å². The number of amides is 2. The van der Waals surface area contributed by atoms with Crippen LogP contribution in [0, 0.1) is 5.92 Å². The highest BCUT2D eigenvalue weighted by atomic mass is 16.5. The average Bonchev–Trinajstić information content (AvgIpc) is 3.06. The lowest BCUT2D eigenvalue weighted by molar-refractivity contribution is -0.0545. The molecule has 1 N–H and O–H groups in total. The maximum Gasteiger partial charge on any atom is 0.317 e. The lowest BCUT2D eigenvalue weighted by Gasteiger charge is -2.35. The third kappa shape index (κ3) is 5.44. The number of benzene rings is 1. The molecule has 0 aromatic heterocycles. The molecule has 2 heterocycles. The Morgan fingerprint density at radius 2 is 1.88 bits per heavy atom. The van der Waals surface area contributed by atoms with Gasteiger partial charge in [-0.25, -0.2) is 4.79 Å². The summed E-state index contributed by atoms with van der Waals surface area (Å²) in [5.74, 6) is 0.565. The van der Waals surface area contributed by atoms with E-state index < -0.39 is 0 Å². The smallest absolute Gasteiger partial charge is 0.317 e. The monoisotopic (exact) mass is 345 g/mol. The van der Waals surface area contributed by atoms with E-state index in [2.05, 4.69) is 40.5 Å². The van der Waals surface area contributed by atoms with Crippen molar-refractivity contribution in [1.29, 1.82) is 0 Å². The lowest BCUT2D eigenvalue weighted by Crippen LogP contribution is -2.52. The molecule has 0 spiro atoms. The molecule has 0 unspecified atom stereocenters. The first-order valence-electron chi connectivity index (χ1n) is 9.54. The molecule has 3 rings (SSSR count). The van der Waals surface area contributed by atoms with Crippen molar-refractivity contribution in [2.45, 2.75) is 38.9 Å². The van der Waals surface area contributed by atoms with E-state index in [1.54, 1.807) is 0 Å². The number of carbonyl (C=O) groups is 1. The first-order valence-corrected chi connectivity index (χ1v) is 9.54. The van der Waals surface area contributed by atoms with Gasteiger partial charge in [0.1, 0.15) is 0 Å². The predicted octanol–water partition coefficient (Wildman–Crippen LogP) is 2.37. The standard InChI is InChI=1S/C20H31N3O2/c1-16-13-23(14-17(2)25-16)20(24)21-12-19-9-11-22(15-19)10-8-18-6-4-3-5-7-18/h3-7,16-17,19H,8-15H2,1-2H3,(H,21,24)/t16-,17-,19+/m1/s1. The Kier molecular flexibility index (Phi) is 6.32. The number of hydrogen-bond donors (Lipinski definition) is 1. The van der Waals surface area contributed by atoms with E-state index in [0.717, 1.165) is 32.6 Å². The number of likely N-dealkylation sites (tertiary alicyclic amines) is 1. The Hall–Kier alpha value is -1.59. The molecule has 0 saturated carbocycles. The molecule has 5 heteroatoms. The Labute approximate surface area is 151 Å². The first-order chi connectivity index (χ1) is 12.1. The number of rotatable bonds is 5. The van der Waals surface area contributed by atoms with Gasteiger partial charge in [0.05, 0.1) is 12.2 Å². The maximum absolute atomic E-state index is 12.4. The zero-order valence-electron chi connectivity index (χ0n) is 15.5. The Morgan fingerprint density at radius 1 is 1.16 bits per heavy atom. The van der Waals surface area contributed by atoms with E-state index >= 15 is 0 Å². The topological polar surface area (TPSA) is 44.8 Å². The van der Waals surface area contributed by atoms with Gasteiger partial charge in [-0.15, -0.1) is 0 Å². The van der Waals surface area contributed by atoms with Crippen LogP contribution in [-0.4, -0.2) is 67.3 Å². The second-order valence-corrected chi connectivity index (χ2v) is 7.54. The van der Waals surface area contributed by atoms with Crippen LogP contribution in [0.3, 0.4) is 0 Å². The summed E-state index contributed by atoms with van der Waals surface area (Å²) >= 11 is 0. The minimum atomic E-state index is 0.0599. The number of ether oxygens (including phenoxy) is 1. The van der Waals surface area contributed by atoms with Gasteiger partial charge in [0.25, 0.3) is 0 Å². The van der Waals surface area contributed by atoms with Crippen molar-refractivity contribution in [3.63, 3.8) is 0 Å². The van der Waals surface area contributed by atoms with Crippen molar-refractivity contribution in [2.24, 2.45) is 5.92 Å². The van der Waals surface area contributed by atoms with Gasteiger partial charge >= 0.3 is 6.03 Å². The van der Waals surface area contributed by atoms with Gasteiger partial charge in [0, 0.05) is 32.7 Å². The molecule has 2 fully saturated rings. The molecule has 5 nitrogen and oxygen atoms in total. The summed E-state index contributed by atoms with van der Waals surface area (Å²) in [7, 11) is 0. The molecule has 2 saturated heterocycles. The summed E-state index contributed by atoms with van der Waals surface area (Å²) in [6.45, 7) is 9.53. The highest BCUT2D eigenvalue weighted by molar-refractivity contribution is 5.74.